The van der Waals surface area contributed by atoms with Gasteiger partial charge in [0.05, 0.1) is 10.5 Å². The Hall–Kier alpha value is -2.19. The molecule has 2 aromatic heterocycles. The van der Waals surface area contributed by atoms with Crippen molar-refractivity contribution < 1.29 is 4.79 Å². The fourth-order valence-corrected chi connectivity index (χ4v) is 6.19. The number of unbranched alkanes of at least 4 members (excludes halogenated alkanes) is 9. The number of hydrogen-bond donors (Lipinski definition) is 0. The summed E-state index contributed by atoms with van der Waals surface area (Å²) in [5.74, 6) is 0.543. The molecule has 0 spiro atoms. The van der Waals surface area contributed by atoms with Gasteiger partial charge in [0.25, 0.3) is 11.5 Å². The molecule has 1 fully saturated rings. The van der Waals surface area contributed by atoms with Crippen LogP contribution in [0.4, 0.5) is 5.82 Å². The lowest BCUT2D eigenvalue weighted by molar-refractivity contribution is -0.122. The second kappa shape index (κ2) is 16.0. The molecular formula is C30H44N4O2S2. The Morgan fingerprint density at radius 1 is 0.895 bits per heavy atom. The maximum Gasteiger partial charge on any atom is 0.267 e. The molecule has 0 radical (unpaired) electrons. The maximum atomic E-state index is 13.6. The van der Waals surface area contributed by atoms with Crippen LogP contribution in [0.2, 0.25) is 0 Å². The normalized spacial score (nSPS) is 14.8. The van der Waals surface area contributed by atoms with E-state index in [9.17, 15) is 9.59 Å². The van der Waals surface area contributed by atoms with Gasteiger partial charge in [-0.1, -0.05) is 109 Å². The monoisotopic (exact) mass is 556 g/mol. The third kappa shape index (κ3) is 8.15. The number of carbonyl (C=O) groups excluding carboxylic acids is 1. The number of pyridine rings is 1. The molecule has 0 aliphatic carbocycles. The Kier molecular flexibility index (Phi) is 12.8. The van der Waals surface area contributed by atoms with Crippen LogP contribution in [0.1, 0.15) is 103 Å². The van der Waals surface area contributed by atoms with Crippen LogP contribution in [0.5, 0.6) is 0 Å². The molecular weight excluding hydrogens is 512 g/mol. The predicted molar refractivity (Wildman–Crippen MR) is 166 cm³/mol. The van der Waals surface area contributed by atoms with E-state index >= 15 is 0 Å². The Morgan fingerprint density at radius 3 is 2.16 bits per heavy atom. The van der Waals surface area contributed by atoms with E-state index in [1.165, 1.54) is 63.1 Å². The number of nitrogens with zero attached hydrogens (tertiary/aromatic N) is 4. The average Bonchev–Trinajstić information content (AvgIpc) is 3.18. The average molecular weight is 557 g/mol. The molecule has 3 rings (SSSR count). The van der Waals surface area contributed by atoms with E-state index in [1.54, 1.807) is 21.6 Å². The van der Waals surface area contributed by atoms with Crippen molar-refractivity contribution in [2.24, 2.45) is 0 Å². The summed E-state index contributed by atoms with van der Waals surface area (Å²) in [5, 5.41) is 0. The lowest BCUT2D eigenvalue weighted by Crippen LogP contribution is -2.31. The molecule has 0 aromatic carbocycles. The summed E-state index contributed by atoms with van der Waals surface area (Å²) in [4.78, 5) is 36.1. The van der Waals surface area contributed by atoms with Gasteiger partial charge in [-0.2, -0.15) is 0 Å². The number of thiocarbonyl (C=S) groups is 1. The summed E-state index contributed by atoms with van der Waals surface area (Å²) in [6.45, 7) is 8.72. The number of anilines is 1. The van der Waals surface area contributed by atoms with Crippen molar-refractivity contribution in [1.29, 1.82) is 0 Å². The number of hydrogen-bond acceptors (Lipinski definition) is 6. The number of rotatable bonds is 17. The highest BCUT2D eigenvalue weighted by molar-refractivity contribution is 8.26. The Labute approximate surface area is 237 Å². The van der Waals surface area contributed by atoms with Crippen molar-refractivity contribution >= 4 is 51.7 Å². The van der Waals surface area contributed by atoms with Crippen molar-refractivity contribution in [3.05, 3.63) is 45.2 Å². The summed E-state index contributed by atoms with van der Waals surface area (Å²) < 4.78 is 2.13. The van der Waals surface area contributed by atoms with Crippen LogP contribution in [-0.4, -0.2) is 44.1 Å². The summed E-state index contributed by atoms with van der Waals surface area (Å²) >= 11 is 6.87. The smallest absolute Gasteiger partial charge is 0.267 e. The number of carbonyl (C=O) groups is 1. The first-order chi connectivity index (χ1) is 18.5. The largest absolute Gasteiger partial charge is 0.356 e. The van der Waals surface area contributed by atoms with E-state index in [2.05, 4.69) is 25.7 Å². The third-order valence-corrected chi connectivity index (χ3v) is 8.30. The van der Waals surface area contributed by atoms with Gasteiger partial charge in [0.1, 0.15) is 15.8 Å². The van der Waals surface area contributed by atoms with Gasteiger partial charge in [0.2, 0.25) is 0 Å². The quantitative estimate of drug-likeness (QED) is 0.115. The van der Waals surface area contributed by atoms with Crippen molar-refractivity contribution in [3.63, 3.8) is 0 Å². The van der Waals surface area contributed by atoms with Crippen LogP contribution in [0.3, 0.4) is 0 Å². The molecule has 1 saturated heterocycles. The molecule has 0 bridgehead atoms. The summed E-state index contributed by atoms with van der Waals surface area (Å²) in [6.07, 6.45) is 17.8. The molecule has 38 heavy (non-hydrogen) atoms. The lowest BCUT2D eigenvalue weighted by Gasteiger charge is -2.24. The van der Waals surface area contributed by atoms with E-state index in [0.717, 1.165) is 38.8 Å². The van der Waals surface area contributed by atoms with Gasteiger partial charge in [-0.3, -0.25) is 18.9 Å². The molecule has 1 aliphatic rings. The van der Waals surface area contributed by atoms with Crippen LogP contribution in [0.25, 0.3) is 11.7 Å². The molecule has 1 aliphatic heterocycles. The minimum atomic E-state index is -0.164. The van der Waals surface area contributed by atoms with Crippen molar-refractivity contribution in [2.75, 3.05) is 24.5 Å². The molecule has 1 amide bonds. The molecule has 0 N–H and O–H groups in total. The number of fused-ring (bicyclic) bond motifs is 1. The first-order valence-electron chi connectivity index (χ1n) is 14.5. The van der Waals surface area contributed by atoms with E-state index in [-0.39, 0.29) is 11.5 Å². The lowest BCUT2D eigenvalue weighted by atomic mass is 10.1. The van der Waals surface area contributed by atoms with Gasteiger partial charge in [-0.25, -0.2) is 4.98 Å². The SMILES string of the molecule is CCCCCCCCCCCCN1C(=O)C(=Cc2c(N(CCC)CCC)nc3ccccn3c2=O)SC1=S. The molecule has 0 saturated carbocycles. The standard InChI is InChI=1S/C30H44N4O2S2/c1-4-7-8-9-10-11-12-13-14-16-22-34-29(36)25(38-30(34)37)23-24-27(32(19-5-2)20-6-3)31-26-18-15-17-21-33(26)28(24)35/h15,17-18,21,23H,4-14,16,19-20,22H2,1-3H3. The zero-order valence-corrected chi connectivity index (χ0v) is 25.0. The highest BCUT2D eigenvalue weighted by Gasteiger charge is 2.32. The molecule has 8 heteroatoms. The van der Waals surface area contributed by atoms with Crippen molar-refractivity contribution in [2.45, 2.75) is 97.8 Å². The van der Waals surface area contributed by atoms with Crippen LogP contribution in [-0.2, 0) is 4.79 Å². The van der Waals surface area contributed by atoms with Crippen LogP contribution in [0.15, 0.2) is 34.1 Å². The van der Waals surface area contributed by atoms with Crippen LogP contribution in [0, 0.1) is 0 Å². The first-order valence-corrected chi connectivity index (χ1v) is 15.8. The second-order valence-corrected chi connectivity index (χ2v) is 11.8. The fraction of sp³-hybridized carbons (Fsp3) is 0.600. The third-order valence-electron chi connectivity index (χ3n) is 6.92. The molecule has 0 atom stereocenters. The summed E-state index contributed by atoms with van der Waals surface area (Å²) in [6, 6.07) is 5.55. The van der Waals surface area contributed by atoms with Gasteiger partial charge in [-0.15, -0.1) is 0 Å². The van der Waals surface area contributed by atoms with Gasteiger partial charge >= 0.3 is 0 Å². The van der Waals surface area contributed by atoms with Crippen LogP contribution >= 0.6 is 24.0 Å². The van der Waals surface area contributed by atoms with Crippen LogP contribution < -0.4 is 10.5 Å². The highest BCUT2D eigenvalue weighted by atomic mass is 32.2. The molecule has 208 valence electrons. The van der Waals surface area contributed by atoms with Crippen molar-refractivity contribution in [1.82, 2.24) is 14.3 Å². The van der Waals surface area contributed by atoms with E-state index in [4.69, 9.17) is 17.2 Å². The highest BCUT2D eigenvalue weighted by Crippen LogP contribution is 2.34. The van der Waals surface area contributed by atoms with Gasteiger partial charge in [-0.05, 0) is 37.5 Å². The predicted octanol–water partition coefficient (Wildman–Crippen LogP) is 7.44. The van der Waals surface area contributed by atoms with Crippen molar-refractivity contribution in [3.8, 4) is 0 Å². The minimum Gasteiger partial charge on any atom is -0.356 e. The minimum absolute atomic E-state index is 0.100. The van der Waals surface area contributed by atoms with Gasteiger partial charge in [0, 0.05) is 25.8 Å². The maximum absolute atomic E-state index is 13.6. The fourth-order valence-electron chi connectivity index (χ4n) is 4.90. The molecule has 3 heterocycles. The van der Waals surface area contributed by atoms with E-state index in [1.807, 2.05) is 18.2 Å². The van der Waals surface area contributed by atoms with E-state index in [0.29, 0.717) is 32.8 Å². The summed E-state index contributed by atoms with van der Waals surface area (Å²) in [7, 11) is 0. The van der Waals surface area contributed by atoms with Gasteiger partial charge < -0.3 is 4.90 Å². The molecule has 6 nitrogen and oxygen atoms in total. The van der Waals surface area contributed by atoms with E-state index < -0.39 is 0 Å². The summed E-state index contributed by atoms with van der Waals surface area (Å²) in [5.41, 5.74) is 0.896. The first kappa shape index (κ1) is 30.4. The topological polar surface area (TPSA) is 57.9 Å². The number of amides is 1. The second-order valence-electron chi connectivity index (χ2n) is 10.1. The Balaban J connectivity index is 1.70. The Bertz CT molecular complexity index is 1150. The number of thioether (sulfide) groups is 1. The molecule has 0 unspecified atom stereocenters. The molecule has 2 aromatic rings. The Morgan fingerprint density at radius 2 is 1.53 bits per heavy atom. The zero-order valence-electron chi connectivity index (χ0n) is 23.4. The number of aromatic nitrogens is 2. The zero-order chi connectivity index (χ0) is 27.3. The van der Waals surface area contributed by atoms with Gasteiger partial charge in [0.15, 0.2) is 0 Å².